The Morgan fingerprint density at radius 1 is 1.20 bits per heavy atom. The lowest BCUT2D eigenvalue weighted by molar-refractivity contribution is -0.767. The Morgan fingerprint density at radius 2 is 1.90 bits per heavy atom. The molecule has 0 radical (unpaired) electrons. The number of esters is 1. The number of aromatic nitrogens is 1. The van der Waals surface area contributed by atoms with Gasteiger partial charge in [-0.05, 0) is 12.5 Å². The van der Waals surface area contributed by atoms with Gasteiger partial charge in [-0.1, -0.05) is 39.0 Å². The van der Waals surface area contributed by atoms with E-state index in [0.717, 1.165) is 26.4 Å². The van der Waals surface area contributed by atoms with Crippen molar-refractivity contribution in [3.05, 3.63) is 30.1 Å². The summed E-state index contributed by atoms with van der Waals surface area (Å²) in [7, 11) is -3.47. The summed E-state index contributed by atoms with van der Waals surface area (Å²) in [4.78, 5) is 21.7. The SMILES string of the molecule is CCCCCCCCOC(=O)c1ccc[n+]([C@@H]2O[C@H](OP(=O)(O)OC)[C@H](O)[C@@H]2O)c1. The molecule has 0 spiro atoms. The molecule has 1 aromatic heterocycles. The molecule has 1 aliphatic rings. The van der Waals surface area contributed by atoms with Gasteiger partial charge in [-0.2, -0.15) is 4.57 Å². The molecular formula is C19H31NO9P+. The molecule has 1 saturated heterocycles. The second-order valence-electron chi connectivity index (χ2n) is 7.08. The summed E-state index contributed by atoms with van der Waals surface area (Å²) < 4.78 is 32.6. The molecule has 1 aromatic rings. The molecule has 170 valence electrons. The normalized spacial score (nSPS) is 25.8. The number of hydrogen-bond acceptors (Lipinski definition) is 8. The molecule has 0 bridgehead atoms. The van der Waals surface area contributed by atoms with E-state index in [1.54, 1.807) is 12.1 Å². The summed E-state index contributed by atoms with van der Waals surface area (Å²) >= 11 is 0. The molecule has 2 heterocycles. The van der Waals surface area contributed by atoms with Crippen LogP contribution in [0.5, 0.6) is 0 Å². The van der Waals surface area contributed by atoms with Crippen molar-refractivity contribution < 1.29 is 47.6 Å². The van der Waals surface area contributed by atoms with Crippen LogP contribution in [0, 0.1) is 0 Å². The Hall–Kier alpha value is -1.39. The van der Waals surface area contributed by atoms with E-state index in [1.165, 1.54) is 36.2 Å². The highest BCUT2D eigenvalue weighted by Gasteiger charge is 2.51. The Labute approximate surface area is 176 Å². The van der Waals surface area contributed by atoms with Gasteiger partial charge < -0.3 is 19.8 Å². The van der Waals surface area contributed by atoms with Crippen LogP contribution < -0.4 is 4.57 Å². The molecule has 2 rings (SSSR count). The molecule has 1 fully saturated rings. The van der Waals surface area contributed by atoms with Crippen molar-refractivity contribution in [3.63, 3.8) is 0 Å². The van der Waals surface area contributed by atoms with Gasteiger partial charge in [0.2, 0.25) is 6.29 Å². The quantitative estimate of drug-likeness (QED) is 0.189. The highest BCUT2D eigenvalue weighted by atomic mass is 31.2. The minimum Gasteiger partial charge on any atom is -0.462 e. The summed E-state index contributed by atoms with van der Waals surface area (Å²) in [6.45, 7) is 2.47. The zero-order valence-corrected chi connectivity index (χ0v) is 18.1. The molecule has 11 heteroatoms. The first-order chi connectivity index (χ1) is 14.3. The van der Waals surface area contributed by atoms with E-state index >= 15 is 0 Å². The summed E-state index contributed by atoms with van der Waals surface area (Å²) in [5.41, 5.74) is 0.239. The van der Waals surface area contributed by atoms with Crippen LogP contribution in [0.25, 0.3) is 0 Å². The predicted octanol–water partition coefficient (Wildman–Crippen LogP) is 1.83. The molecule has 0 aliphatic carbocycles. The van der Waals surface area contributed by atoms with E-state index in [1.807, 2.05) is 0 Å². The number of unbranched alkanes of at least 4 members (excludes halogenated alkanes) is 5. The van der Waals surface area contributed by atoms with Gasteiger partial charge in [0.25, 0.3) is 6.23 Å². The topological polar surface area (TPSA) is 136 Å². The lowest BCUT2D eigenvalue weighted by Gasteiger charge is -2.16. The van der Waals surface area contributed by atoms with E-state index in [4.69, 9.17) is 14.0 Å². The van der Waals surface area contributed by atoms with Crippen molar-refractivity contribution in [1.82, 2.24) is 0 Å². The number of rotatable bonds is 12. The fourth-order valence-electron chi connectivity index (χ4n) is 3.04. The van der Waals surface area contributed by atoms with Crippen molar-refractivity contribution in [3.8, 4) is 0 Å². The highest BCUT2D eigenvalue weighted by molar-refractivity contribution is 7.47. The van der Waals surface area contributed by atoms with Gasteiger partial charge in [0.15, 0.2) is 18.5 Å². The van der Waals surface area contributed by atoms with E-state index in [-0.39, 0.29) is 5.56 Å². The molecule has 0 saturated carbocycles. The van der Waals surface area contributed by atoms with Crippen molar-refractivity contribution >= 4 is 13.8 Å². The molecule has 0 amide bonds. The zero-order chi connectivity index (χ0) is 22.1. The Balaban J connectivity index is 1.93. The van der Waals surface area contributed by atoms with Gasteiger partial charge in [0.05, 0.1) is 6.61 Å². The fourth-order valence-corrected chi connectivity index (χ4v) is 3.56. The summed E-state index contributed by atoms with van der Waals surface area (Å²) in [6.07, 6.45) is 3.60. The number of phosphoric ester groups is 1. The van der Waals surface area contributed by atoms with Crippen molar-refractivity contribution in [1.29, 1.82) is 0 Å². The summed E-state index contributed by atoms with van der Waals surface area (Å²) in [5, 5.41) is 20.3. The smallest absolute Gasteiger partial charge is 0.462 e. The van der Waals surface area contributed by atoms with Crippen LogP contribution in [-0.4, -0.2) is 53.3 Å². The van der Waals surface area contributed by atoms with Crippen molar-refractivity contribution in [2.45, 2.75) is 70.2 Å². The number of nitrogens with zero attached hydrogens (tertiary/aromatic N) is 1. The van der Waals surface area contributed by atoms with Gasteiger partial charge >= 0.3 is 13.8 Å². The minimum atomic E-state index is -4.43. The first kappa shape index (κ1) is 24.9. The first-order valence-electron chi connectivity index (χ1n) is 10.1. The van der Waals surface area contributed by atoms with E-state index in [9.17, 15) is 24.5 Å². The fraction of sp³-hybridized carbons (Fsp3) is 0.684. The lowest BCUT2D eigenvalue weighted by Crippen LogP contribution is -2.46. The Bertz CT molecular complexity index is 732. The number of pyridine rings is 1. The van der Waals surface area contributed by atoms with Crippen molar-refractivity contribution in [2.24, 2.45) is 0 Å². The molecule has 10 nitrogen and oxygen atoms in total. The third-order valence-electron chi connectivity index (χ3n) is 4.75. The molecule has 5 atom stereocenters. The summed E-state index contributed by atoms with van der Waals surface area (Å²) in [5.74, 6) is -0.516. The number of aliphatic hydroxyl groups excluding tert-OH is 2. The third-order valence-corrected chi connectivity index (χ3v) is 5.68. The van der Waals surface area contributed by atoms with Crippen LogP contribution in [0.2, 0.25) is 0 Å². The minimum absolute atomic E-state index is 0.239. The lowest BCUT2D eigenvalue weighted by atomic mass is 10.1. The van der Waals surface area contributed by atoms with Crippen LogP contribution in [0.4, 0.5) is 0 Å². The van der Waals surface area contributed by atoms with Crippen LogP contribution in [0.3, 0.4) is 0 Å². The molecule has 30 heavy (non-hydrogen) atoms. The number of hydrogen-bond donors (Lipinski definition) is 3. The molecule has 1 unspecified atom stereocenters. The number of ether oxygens (including phenoxy) is 2. The largest absolute Gasteiger partial charge is 0.474 e. The Kier molecular flexibility index (Phi) is 9.83. The molecule has 3 N–H and O–H groups in total. The van der Waals surface area contributed by atoms with Gasteiger partial charge in [0, 0.05) is 13.2 Å². The van der Waals surface area contributed by atoms with Crippen molar-refractivity contribution in [2.75, 3.05) is 13.7 Å². The maximum atomic E-state index is 12.3. The standard InChI is InChI=1S/C19H30NO9P/c1-3-4-5-6-7-8-12-27-18(23)14-10-9-11-20(13-14)17-15(21)16(22)19(28-17)29-30(24,25)26-2/h9-11,13,15-17,19,21-22H,3-8,12H2,1-2H3/p+1/t15-,16+,17+,19+/m0/s1. The first-order valence-corrected chi connectivity index (χ1v) is 11.5. The highest BCUT2D eigenvalue weighted by Crippen LogP contribution is 2.46. The summed E-state index contributed by atoms with van der Waals surface area (Å²) in [6, 6.07) is 3.11. The second-order valence-corrected chi connectivity index (χ2v) is 8.59. The average molecular weight is 448 g/mol. The van der Waals surface area contributed by atoms with Crippen LogP contribution >= 0.6 is 7.82 Å². The molecular weight excluding hydrogens is 417 g/mol. The van der Waals surface area contributed by atoms with E-state index < -0.39 is 38.5 Å². The molecule has 1 aliphatic heterocycles. The van der Waals surface area contributed by atoms with E-state index in [0.29, 0.717) is 6.61 Å². The zero-order valence-electron chi connectivity index (χ0n) is 17.3. The van der Waals surface area contributed by atoms with Gasteiger partial charge in [-0.25, -0.2) is 9.36 Å². The number of aliphatic hydroxyl groups is 2. The maximum Gasteiger partial charge on any atom is 0.474 e. The van der Waals surface area contributed by atoms with Crippen LogP contribution in [0.1, 0.15) is 62.0 Å². The third kappa shape index (κ3) is 7.09. The second kappa shape index (κ2) is 11.9. The predicted molar refractivity (Wildman–Crippen MR) is 104 cm³/mol. The maximum absolute atomic E-state index is 12.3. The Morgan fingerprint density at radius 3 is 2.60 bits per heavy atom. The van der Waals surface area contributed by atoms with E-state index in [2.05, 4.69) is 11.4 Å². The van der Waals surface area contributed by atoms with Gasteiger partial charge in [0.1, 0.15) is 11.7 Å². The molecule has 0 aromatic carbocycles. The average Bonchev–Trinajstić information content (AvgIpc) is 3.01. The van der Waals surface area contributed by atoms with Crippen LogP contribution in [0.15, 0.2) is 24.5 Å². The van der Waals surface area contributed by atoms with Crippen LogP contribution in [-0.2, 0) is 23.1 Å². The van der Waals surface area contributed by atoms with Gasteiger partial charge in [-0.15, -0.1) is 0 Å². The number of carbonyl (C=O) groups excluding carboxylic acids is 1. The monoisotopic (exact) mass is 448 g/mol. The number of carbonyl (C=O) groups is 1. The number of phosphoric acid groups is 1. The van der Waals surface area contributed by atoms with Gasteiger partial charge in [-0.3, -0.25) is 13.8 Å².